The summed E-state index contributed by atoms with van der Waals surface area (Å²) in [5.74, 6) is 0. The smallest absolute Gasteiger partial charge is 0.122 e. The van der Waals surface area contributed by atoms with E-state index in [4.69, 9.17) is 17.3 Å². The fourth-order valence-corrected chi connectivity index (χ4v) is 2.44. The van der Waals surface area contributed by atoms with Crippen LogP contribution >= 0.6 is 23.4 Å². The van der Waals surface area contributed by atoms with Crippen LogP contribution in [0, 0.1) is 6.92 Å². The molecule has 1 heterocycles. The fraction of sp³-hybridized carbons (Fsp3) is 0.182. The number of nitrogens with zero attached hydrogens (tertiary/aromatic N) is 2. The molecule has 16 heavy (non-hydrogen) atoms. The highest BCUT2D eigenvalue weighted by Crippen LogP contribution is 2.33. The van der Waals surface area contributed by atoms with Gasteiger partial charge in [0.05, 0.1) is 11.4 Å². The number of hydrogen-bond donors (Lipinski definition) is 1. The zero-order chi connectivity index (χ0) is 11.7. The average Bonchev–Trinajstić information content (AvgIpc) is 2.48. The van der Waals surface area contributed by atoms with Crippen molar-refractivity contribution in [2.75, 3.05) is 5.73 Å². The SMILES string of the molecule is Cc1nn(C)c(Sc2ccc(Cl)cc2)c1N. The van der Waals surface area contributed by atoms with Crippen LogP contribution in [0.1, 0.15) is 5.69 Å². The molecule has 84 valence electrons. The standard InChI is InChI=1S/C11H12ClN3S/c1-7-10(13)11(15(2)14-7)16-9-5-3-8(12)4-6-9/h3-6H,13H2,1-2H3. The van der Waals surface area contributed by atoms with Crippen molar-refractivity contribution in [2.24, 2.45) is 7.05 Å². The lowest BCUT2D eigenvalue weighted by Crippen LogP contribution is -1.93. The molecule has 0 aliphatic carbocycles. The molecule has 5 heteroatoms. The number of anilines is 1. The lowest BCUT2D eigenvalue weighted by Gasteiger charge is -2.03. The van der Waals surface area contributed by atoms with Crippen molar-refractivity contribution >= 4 is 29.1 Å². The molecule has 1 aromatic carbocycles. The predicted molar refractivity (Wildman–Crippen MR) is 67.9 cm³/mol. The van der Waals surface area contributed by atoms with Crippen molar-refractivity contribution in [3.8, 4) is 0 Å². The van der Waals surface area contributed by atoms with Crippen LogP contribution in [0.2, 0.25) is 5.02 Å². The van der Waals surface area contributed by atoms with Gasteiger partial charge in [0.2, 0.25) is 0 Å². The predicted octanol–water partition coefficient (Wildman–Crippen LogP) is 3.12. The quantitative estimate of drug-likeness (QED) is 0.894. The minimum atomic E-state index is 0.735. The molecule has 0 fully saturated rings. The molecule has 0 radical (unpaired) electrons. The summed E-state index contributed by atoms with van der Waals surface area (Å²) in [5, 5.41) is 5.96. The molecular formula is C11H12ClN3S. The van der Waals surface area contributed by atoms with Crippen LogP contribution in [0.5, 0.6) is 0 Å². The Morgan fingerprint density at radius 1 is 1.31 bits per heavy atom. The first-order valence-corrected chi connectivity index (χ1v) is 6.00. The number of nitrogen functional groups attached to an aromatic ring is 1. The van der Waals surface area contributed by atoms with Crippen LogP contribution < -0.4 is 5.73 Å². The van der Waals surface area contributed by atoms with E-state index in [2.05, 4.69) is 5.10 Å². The van der Waals surface area contributed by atoms with Gasteiger partial charge in [0.15, 0.2) is 0 Å². The van der Waals surface area contributed by atoms with E-state index in [1.165, 1.54) is 0 Å². The molecule has 0 aliphatic heterocycles. The Labute approximate surface area is 104 Å². The van der Waals surface area contributed by atoms with Gasteiger partial charge >= 0.3 is 0 Å². The molecule has 0 aliphatic rings. The van der Waals surface area contributed by atoms with Crippen molar-refractivity contribution in [1.29, 1.82) is 0 Å². The largest absolute Gasteiger partial charge is 0.395 e. The Bertz CT molecular complexity index is 505. The van der Waals surface area contributed by atoms with Crippen LogP contribution in [0.25, 0.3) is 0 Å². The number of benzene rings is 1. The molecule has 0 spiro atoms. The first kappa shape index (κ1) is 11.4. The van der Waals surface area contributed by atoms with E-state index < -0.39 is 0 Å². The normalized spacial score (nSPS) is 10.7. The zero-order valence-corrected chi connectivity index (χ0v) is 10.6. The molecule has 0 bridgehead atoms. The highest BCUT2D eigenvalue weighted by molar-refractivity contribution is 7.99. The molecule has 3 nitrogen and oxygen atoms in total. The summed E-state index contributed by atoms with van der Waals surface area (Å²) in [6.07, 6.45) is 0. The molecular weight excluding hydrogens is 242 g/mol. The van der Waals surface area contributed by atoms with Crippen molar-refractivity contribution in [2.45, 2.75) is 16.8 Å². The topological polar surface area (TPSA) is 43.8 Å². The second-order valence-electron chi connectivity index (χ2n) is 3.48. The summed E-state index contributed by atoms with van der Waals surface area (Å²) in [5.41, 5.74) is 7.55. The van der Waals surface area contributed by atoms with Gasteiger partial charge in [-0.25, -0.2) is 0 Å². The van der Waals surface area contributed by atoms with Crippen LogP contribution in [0.3, 0.4) is 0 Å². The van der Waals surface area contributed by atoms with Crippen molar-refractivity contribution in [1.82, 2.24) is 9.78 Å². The molecule has 0 atom stereocenters. The van der Waals surface area contributed by atoms with E-state index in [9.17, 15) is 0 Å². The van der Waals surface area contributed by atoms with Gasteiger partial charge in [-0.15, -0.1) is 0 Å². The molecule has 0 saturated heterocycles. The van der Waals surface area contributed by atoms with E-state index in [0.717, 1.165) is 26.3 Å². The number of halogens is 1. The molecule has 0 saturated carbocycles. The lowest BCUT2D eigenvalue weighted by atomic mass is 10.4. The summed E-state index contributed by atoms with van der Waals surface area (Å²) in [4.78, 5) is 1.10. The van der Waals surface area contributed by atoms with Gasteiger partial charge in [-0.2, -0.15) is 5.10 Å². The number of aromatic nitrogens is 2. The van der Waals surface area contributed by atoms with Crippen LogP contribution in [0.15, 0.2) is 34.2 Å². The van der Waals surface area contributed by atoms with E-state index in [0.29, 0.717) is 0 Å². The van der Waals surface area contributed by atoms with E-state index in [1.807, 2.05) is 38.2 Å². The number of rotatable bonds is 2. The Hall–Kier alpha value is -1.13. The van der Waals surface area contributed by atoms with Gasteiger partial charge in [0.25, 0.3) is 0 Å². The lowest BCUT2D eigenvalue weighted by molar-refractivity contribution is 0.693. The van der Waals surface area contributed by atoms with Gasteiger partial charge in [-0.3, -0.25) is 4.68 Å². The minimum Gasteiger partial charge on any atom is -0.395 e. The Morgan fingerprint density at radius 3 is 2.44 bits per heavy atom. The fourth-order valence-electron chi connectivity index (χ4n) is 1.39. The Balaban J connectivity index is 2.30. The highest BCUT2D eigenvalue weighted by Gasteiger charge is 2.11. The van der Waals surface area contributed by atoms with Gasteiger partial charge in [-0.05, 0) is 31.2 Å². The van der Waals surface area contributed by atoms with E-state index in [-0.39, 0.29) is 0 Å². The summed E-state index contributed by atoms with van der Waals surface area (Å²) >= 11 is 7.42. The number of nitrogens with two attached hydrogens (primary N) is 1. The second-order valence-corrected chi connectivity index (χ2v) is 4.98. The van der Waals surface area contributed by atoms with Crippen molar-refractivity contribution in [3.05, 3.63) is 35.0 Å². The summed E-state index contributed by atoms with van der Waals surface area (Å²) in [6, 6.07) is 7.66. The van der Waals surface area contributed by atoms with Gasteiger partial charge in [0.1, 0.15) is 5.03 Å². The molecule has 2 rings (SSSR count). The molecule has 2 N–H and O–H groups in total. The third kappa shape index (κ3) is 2.18. The van der Waals surface area contributed by atoms with Crippen molar-refractivity contribution in [3.63, 3.8) is 0 Å². The highest BCUT2D eigenvalue weighted by atomic mass is 35.5. The third-order valence-corrected chi connectivity index (χ3v) is 3.68. The first-order valence-electron chi connectivity index (χ1n) is 4.80. The first-order chi connectivity index (χ1) is 7.58. The summed E-state index contributed by atoms with van der Waals surface area (Å²) < 4.78 is 1.80. The summed E-state index contributed by atoms with van der Waals surface area (Å²) in [6.45, 7) is 1.90. The number of aryl methyl sites for hydroxylation is 2. The maximum Gasteiger partial charge on any atom is 0.122 e. The molecule has 2 aromatic rings. The van der Waals surface area contributed by atoms with Gasteiger partial charge < -0.3 is 5.73 Å². The third-order valence-electron chi connectivity index (χ3n) is 2.24. The molecule has 0 unspecified atom stereocenters. The average molecular weight is 254 g/mol. The zero-order valence-electron chi connectivity index (χ0n) is 9.07. The molecule has 1 aromatic heterocycles. The minimum absolute atomic E-state index is 0.735. The Morgan fingerprint density at radius 2 is 1.94 bits per heavy atom. The summed E-state index contributed by atoms with van der Waals surface area (Å²) in [7, 11) is 1.89. The van der Waals surface area contributed by atoms with Crippen LogP contribution in [-0.4, -0.2) is 9.78 Å². The number of hydrogen-bond acceptors (Lipinski definition) is 3. The van der Waals surface area contributed by atoms with Crippen LogP contribution in [0.4, 0.5) is 5.69 Å². The maximum absolute atomic E-state index is 5.95. The maximum atomic E-state index is 5.95. The van der Waals surface area contributed by atoms with Crippen molar-refractivity contribution < 1.29 is 0 Å². The monoisotopic (exact) mass is 253 g/mol. The van der Waals surface area contributed by atoms with Gasteiger partial charge in [-0.1, -0.05) is 23.4 Å². The van der Waals surface area contributed by atoms with Crippen LogP contribution in [-0.2, 0) is 7.05 Å². The molecule has 0 amide bonds. The Kier molecular flexibility index (Phi) is 3.12. The van der Waals surface area contributed by atoms with Gasteiger partial charge in [0, 0.05) is 17.0 Å². The van der Waals surface area contributed by atoms with E-state index in [1.54, 1.807) is 16.4 Å². The van der Waals surface area contributed by atoms with E-state index >= 15 is 0 Å². The second kappa shape index (κ2) is 4.39.